The molecule has 102 valence electrons. The van der Waals surface area contributed by atoms with E-state index >= 15 is 0 Å². The highest BCUT2D eigenvalue weighted by Crippen LogP contribution is 2.43. The minimum absolute atomic E-state index is 0.231. The van der Waals surface area contributed by atoms with Crippen LogP contribution in [-0.2, 0) is 6.42 Å². The molecule has 0 spiro atoms. The fourth-order valence-electron chi connectivity index (χ4n) is 3.44. The maximum atomic E-state index is 13.0. The number of ketones is 1. The fourth-order valence-corrected chi connectivity index (χ4v) is 3.44. The number of H-pyrrole nitrogens is 1. The van der Waals surface area contributed by atoms with Crippen molar-refractivity contribution in [2.24, 2.45) is 5.41 Å². The van der Waals surface area contributed by atoms with Crippen LogP contribution in [0, 0.1) is 16.7 Å². The summed E-state index contributed by atoms with van der Waals surface area (Å²) < 4.78 is 0. The van der Waals surface area contributed by atoms with E-state index in [0.717, 1.165) is 41.4 Å². The molecule has 0 radical (unpaired) electrons. The van der Waals surface area contributed by atoms with Gasteiger partial charge >= 0.3 is 0 Å². The largest absolute Gasteiger partial charge is 0.358 e. The summed E-state index contributed by atoms with van der Waals surface area (Å²) in [5, 5.41) is 9.88. The Morgan fingerprint density at radius 3 is 2.95 bits per heavy atom. The van der Waals surface area contributed by atoms with Gasteiger partial charge in [0.05, 0.1) is 6.07 Å². The van der Waals surface area contributed by atoms with Crippen LogP contribution in [0.25, 0.3) is 10.9 Å². The molecular weight excluding hydrogens is 248 g/mol. The highest BCUT2D eigenvalue weighted by molar-refractivity contribution is 6.12. The highest BCUT2D eigenvalue weighted by atomic mass is 16.1. The first kappa shape index (κ1) is 12.9. The first-order valence-electron chi connectivity index (χ1n) is 7.23. The number of carbonyl (C=O) groups is 1. The number of nitriles is 1. The lowest BCUT2D eigenvalue weighted by molar-refractivity contribution is 0.0732. The number of aryl methyl sites for hydroxylation is 1. The molecule has 0 saturated carbocycles. The van der Waals surface area contributed by atoms with E-state index in [1.165, 1.54) is 0 Å². The van der Waals surface area contributed by atoms with Gasteiger partial charge in [0.15, 0.2) is 5.78 Å². The van der Waals surface area contributed by atoms with Gasteiger partial charge in [-0.25, -0.2) is 0 Å². The molecule has 3 heteroatoms. The minimum Gasteiger partial charge on any atom is -0.358 e. The van der Waals surface area contributed by atoms with Crippen LogP contribution in [0.15, 0.2) is 24.3 Å². The summed E-state index contributed by atoms with van der Waals surface area (Å²) >= 11 is 0. The molecule has 0 fully saturated rings. The zero-order valence-corrected chi connectivity index (χ0v) is 11.7. The Labute approximate surface area is 118 Å². The number of nitrogens with zero attached hydrogens (tertiary/aromatic N) is 1. The van der Waals surface area contributed by atoms with Gasteiger partial charge in [-0.1, -0.05) is 25.1 Å². The number of rotatable bonds is 3. The lowest BCUT2D eigenvalue weighted by Crippen LogP contribution is -2.35. The van der Waals surface area contributed by atoms with Gasteiger partial charge in [-0.2, -0.15) is 5.26 Å². The number of hydrogen-bond donors (Lipinski definition) is 1. The van der Waals surface area contributed by atoms with Crippen LogP contribution >= 0.6 is 0 Å². The van der Waals surface area contributed by atoms with Gasteiger partial charge in [0.25, 0.3) is 0 Å². The Balaban J connectivity index is 2.11. The number of para-hydroxylation sites is 1. The van der Waals surface area contributed by atoms with Gasteiger partial charge < -0.3 is 4.98 Å². The zero-order chi connectivity index (χ0) is 14.2. The second-order valence-corrected chi connectivity index (χ2v) is 5.65. The average Bonchev–Trinajstić information content (AvgIpc) is 2.86. The van der Waals surface area contributed by atoms with Crippen molar-refractivity contribution in [3.05, 3.63) is 35.5 Å². The fraction of sp³-hybridized carbons (Fsp3) is 0.412. The predicted octanol–water partition coefficient (Wildman–Crippen LogP) is 4.00. The average molecular weight is 266 g/mol. The Bertz CT molecular complexity index is 707. The van der Waals surface area contributed by atoms with Crippen LogP contribution in [0.4, 0.5) is 0 Å². The van der Waals surface area contributed by atoms with Crippen molar-refractivity contribution < 1.29 is 4.79 Å². The Hall–Kier alpha value is -2.08. The first-order chi connectivity index (χ1) is 9.72. The summed E-state index contributed by atoms with van der Waals surface area (Å²) in [7, 11) is 0. The summed E-state index contributed by atoms with van der Waals surface area (Å²) in [6.07, 6.45) is 3.69. The molecule has 1 heterocycles. The van der Waals surface area contributed by atoms with Crippen molar-refractivity contribution in [1.82, 2.24) is 4.98 Å². The number of nitrogens with one attached hydrogen (secondary N) is 1. The molecule has 1 aromatic heterocycles. The van der Waals surface area contributed by atoms with Crippen molar-refractivity contribution in [3.8, 4) is 6.07 Å². The number of hydrogen-bond acceptors (Lipinski definition) is 2. The molecule has 1 aromatic carbocycles. The monoisotopic (exact) mass is 266 g/mol. The molecule has 0 saturated heterocycles. The molecule has 1 aliphatic carbocycles. The van der Waals surface area contributed by atoms with Gasteiger partial charge in [-0.3, -0.25) is 4.79 Å². The summed E-state index contributed by atoms with van der Waals surface area (Å²) in [6.45, 7) is 2.06. The van der Waals surface area contributed by atoms with Crippen molar-refractivity contribution in [2.45, 2.75) is 39.0 Å². The van der Waals surface area contributed by atoms with E-state index in [9.17, 15) is 4.79 Å². The molecule has 3 nitrogen and oxygen atoms in total. The predicted molar refractivity (Wildman–Crippen MR) is 78.5 cm³/mol. The normalized spacial score (nSPS) is 21.7. The summed E-state index contributed by atoms with van der Waals surface area (Å²) in [6, 6.07) is 10.2. The number of aromatic nitrogens is 1. The van der Waals surface area contributed by atoms with Crippen LogP contribution in [0.2, 0.25) is 0 Å². The van der Waals surface area contributed by atoms with Crippen molar-refractivity contribution in [1.29, 1.82) is 5.26 Å². The number of Topliss-reactive ketones (excluding diaryl/α,β-unsaturated/α-hetero) is 1. The molecule has 20 heavy (non-hydrogen) atoms. The number of benzene rings is 1. The highest BCUT2D eigenvalue weighted by Gasteiger charge is 2.42. The Morgan fingerprint density at radius 1 is 1.40 bits per heavy atom. The van der Waals surface area contributed by atoms with E-state index in [1.54, 1.807) is 0 Å². The zero-order valence-electron chi connectivity index (χ0n) is 11.7. The van der Waals surface area contributed by atoms with Crippen molar-refractivity contribution >= 4 is 16.7 Å². The molecule has 3 rings (SSSR count). The topological polar surface area (TPSA) is 56.6 Å². The quantitative estimate of drug-likeness (QED) is 0.913. The third-order valence-corrected chi connectivity index (χ3v) is 4.74. The van der Waals surface area contributed by atoms with Crippen molar-refractivity contribution in [3.63, 3.8) is 0 Å². The number of carbonyl (C=O) groups excluding carboxylic acids is 1. The van der Waals surface area contributed by atoms with E-state index in [-0.39, 0.29) is 11.2 Å². The van der Waals surface area contributed by atoms with Crippen LogP contribution in [0.1, 0.15) is 48.7 Å². The maximum absolute atomic E-state index is 13.0. The van der Waals surface area contributed by atoms with Gasteiger partial charge in [0.1, 0.15) is 0 Å². The van der Waals surface area contributed by atoms with Gasteiger partial charge in [-0.15, -0.1) is 0 Å². The van der Waals surface area contributed by atoms with E-state index in [2.05, 4.69) is 18.0 Å². The SMILES string of the molecule is CC[C@@]1(CCC#N)CCc2[nH]c3ccccc3c2C1=O. The molecule has 0 amide bonds. The molecule has 1 N–H and O–H groups in total. The van der Waals surface area contributed by atoms with E-state index in [0.29, 0.717) is 12.8 Å². The standard InChI is InChI=1S/C17H18N2O/c1-2-17(9-5-11-18)10-8-14-15(16(17)20)12-6-3-4-7-13(12)19-14/h3-4,6-7,19H,2,5,8-10H2,1H3/t17-/m1/s1. The van der Waals surface area contributed by atoms with Crippen LogP contribution in [0.3, 0.4) is 0 Å². The van der Waals surface area contributed by atoms with Gasteiger partial charge in [-0.05, 0) is 31.7 Å². The first-order valence-corrected chi connectivity index (χ1v) is 7.23. The summed E-state index contributed by atoms with van der Waals surface area (Å²) in [4.78, 5) is 16.4. The Kier molecular flexibility index (Phi) is 3.10. The smallest absolute Gasteiger partial charge is 0.171 e. The molecule has 2 aromatic rings. The van der Waals surface area contributed by atoms with E-state index in [4.69, 9.17) is 5.26 Å². The molecule has 0 aliphatic heterocycles. The molecule has 1 atom stereocenters. The third-order valence-electron chi connectivity index (χ3n) is 4.74. The second-order valence-electron chi connectivity index (χ2n) is 5.65. The maximum Gasteiger partial charge on any atom is 0.171 e. The summed E-state index contributed by atoms with van der Waals surface area (Å²) in [5.41, 5.74) is 2.63. The van der Waals surface area contributed by atoms with E-state index in [1.807, 2.05) is 24.3 Å². The van der Waals surface area contributed by atoms with Crippen molar-refractivity contribution in [2.75, 3.05) is 0 Å². The van der Waals surface area contributed by atoms with Crippen LogP contribution in [-0.4, -0.2) is 10.8 Å². The molecule has 1 aliphatic rings. The molecule has 0 bridgehead atoms. The number of aromatic amines is 1. The molecular formula is C17H18N2O. The van der Waals surface area contributed by atoms with E-state index < -0.39 is 0 Å². The third kappa shape index (κ3) is 1.76. The van der Waals surface area contributed by atoms with Gasteiger partial charge in [0.2, 0.25) is 0 Å². The number of fused-ring (bicyclic) bond motifs is 3. The van der Waals surface area contributed by atoms with Gasteiger partial charge in [0, 0.05) is 34.0 Å². The lowest BCUT2D eigenvalue weighted by Gasteiger charge is -2.34. The Morgan fingerprint density at radius 2 is 2.20 bits per heavy atom. The van der Waals surface area contributed by atoms with Crippen LogP contribution in [0.5, 0.6) is 0 Å². The minimum atomic E-state index is -0.340. The summed E-state index contributed by atoms with van der Waals surface area (Å²) in [5.74, 6) is 0.231. The lowest BCUT2D eigenvalue weighted by atomic mass is 9.67. The van der Waals surface area contributed by atoms with Crippen LogP contribution < -0.4 is 0 Å². The second kappa shape index (κ2) is 4.79. The molecule has 0 unspecified atom stereocenters.